The number of aliphatic imine (C=N–C) groups is 1. The predicted molar refractivity (Wildman–Crippen MR) is 41.3 cm³/mol. The molecule has 0 aliphatic rings. The standard InChI is InChI=1S/C7H12N2/c1-3-4-5-6-9-7(2)8/h3-6H,1-2H3,(H2,8,9)/b4-3+,6-5-. The molecule has 0 aromatic carbocycles. The minimum absolute atomic E-state index is 0.579. The third kappa shape index (κ3) is 6.95. The van der Waals surface area contributed by atoms with Gasteiger partial charge < -0.3 is 5.73 Å². The maximum atomic E-state index is 5.25. The zero-order valence-electron chi connectivity index (χ0n) is 5.83. The number of allylic oxidation sites excluding steroid dienone is 3. The van der Waals surface area contributed by atoms with Gasteiger partial charge in [-0.15, -0.1) is 0 Å². The molecule has 0 saturated carbocycles. The van der Waals surface area contributed by atoms with E-state index in [2.05, 4.69) is 4.99 Å². The molecule has 0 atom stereocenters. The predicted octanol–water partition coefficient (Wildman–Crippen LogP) is 1.45. The van der Waals surface area contributed by atoms with Crippen LogP contribution in [0, 0.1) is 0 Å². The molecule has 0 aromatic heterocycles. The van der Waals surface area contributed by atoms with Crippen LogP contribution >= 0.6 is 0 Å². The van der Waals surface area contributed by atoms with Crippen molar-refractivity contribution in [3.05, 3.63) is 24.4 Å². The molecule has 0 amide bonds. The van der Waals surface area contributed by atoms with Crippen LogP contribution in [0.4, 0.5) is 0 Å². The van der Waals surface area contributed by atoms with Crippen molar-refractivity contribution >= 4 is 5.84 Å². The van der Waals surface area contributed by atoms with Crippen LogP contribution in [0.2, 0.25) is 0 Å². The van der Waals surface area contributed by atoms with Crippen molar-refractivity contribution in [3.8, 4) is 0 Å². The number of rotatable bonds is 2. The van der Waals surface area contributed by atoms with Gasteiger partial charge in [-0.05, 0) is 19.9 Å². The highest BCUT2D eigenvalue weighted by molar-refractivity contribution is 5.77. The van der Waals surface area contributed by atoms with Gasteiger partial charge in [-0.1, -0.05) is 12.2 Å². The second kappa shape index (κ2) is 5.09. The summed E-state index contributed by atoms with van der Waals surface area (Å²) in [6, 6.07) is 0. The van der Waals surface area contributed by atoms with Gasteiger partial charge in [0.2, 0.25) is 0 Å². The molecule has 2 N–H and O–H groups in total. The van der Waals surface area contributed by atoms with E-state index in [9.17, 15) is 0 Å². The molecule has 0 unspecified atom stereocenters. The van der Waals surface area contributed by atoms with Gasteiger partial charge in [-0.2, -0.15) is 0 Å². The largest absolute Gasteiger partial charge is 0.387 e. The fourth-order valence-electron chi connectivity index (χ4n) is 0.321. The number of nitrogens with two attached hydrogens (primary N) is 1. The third-order valence-electron chi connectivity index (χ3n) is 0.668. The van der Waals surface area contributed by atoms with E-state index < -0.39 is 0 Å². The molecule has 0 heterocycles. The van der Waals surface area contributed by atoms with Gasteiger partial charge in [-0.25, -0.2) is 4.99 Å². The lowest BCUT2D eigenvalue weighted by Gasteiger charge is -1.80. The maximum Gasteiger partial charge on any atom is 0.0957 e. The van der Waals surface area contributed by atoms with Crippen LogP contribution in [-0.4, -0.2) is 5.84 Å². The summed E-state index contributed by atoms with van der Waals surface area (Å²) in [5, 5.41) is 0. The van der Waals surface area contributed by atoms with E-state index in [-0.39, 0.29) is 0 Å². The molecular weight excluding hydrogens is 112 g/mol. The molecule has 0 aliphatic carbocycles. The summed E-state index contributed by atoms with van der Waals surface area (Å²) in [5.74, 6) is 0.579. The fourth-order valence-corrected chi connectivity index (χ4v) is 0.321. The Bertz CT molecular complexity index is 139. The Balaban J connectivity index is 3.60. The van der Waals surface area contributed by atoms with Gasteiger partial charge in [-0.3, -0.25) is 0 Å². The summed E-state index contributed by atoms with van der Waals surface area (Å²) in [6.07, 6.45) is 7.32. The first-order chi connectivity index (χ1) is 4.27. The molecule has 0 saturated heterocycles. The first kappa shape index (κ1) is 7.95. The zero-order chi connectivity index (χ0) is 7.11. The Kier molecular flexibility index (Phi) is 4.50. The summed E-state index contributed by atoms with van der Waals surface area (Å²) in [6.45, 7) is 3.70. The number of hydrogen-bond donors (Lipinski definition) is 1. The summed E-state index contributed by atoms with van der Waals surface area (Å²) in [7, 11) is 0. The Labute approximate surface area is 55.8 Å². The summed E-state index contributed by atoms with van der Waals surface area (Å²) < 4.78 is 0. The molecule has 0 aliphatic heterocycles. The van der Waals surface area contributed by atoms with E-state index in [0.717, 1.165) is 0 Å². The first-order valence-electron chi connectivity index (χ1n) is 2.85. The minimum Gasteiger partial charge on any atom is -0.387 e. The summed E-state index contributed by atoms with van der Waals surface area (Å²) in [5.41, 5.74) is 5.25. The molecule has 2 nitrogen and oxygen atoms in total. The van der Waals surface area contributed by atoms with Crippen molar-refractivity contribution in [2.75, 3.05) is 0 Å². The average molecular weight is 124 g/mol. The van der Waals surface area contributed by atoms with E-state index in [1.165, 1.54) is 0 Å². The Morgan fingerprint density at radius 2 is 2.11 bits per heavy atom. The highest BCUT2D eigenvalue weighted by Gasteiger charge is 1.67. The second-order valence-corrected chi connectivity index (χ2v) is 1.64. The van der Waals surface area contributed by atoms with E-state index in [1.54, 1.807) is 13.1 Å². The van der Waals surface area contributed by atoms with Crippen LogP contribution in [-0.2, 0) is 0 Å². The van der Waals surface area contributed by atoms with Gasteiger partial charge in [0.15, 0.2) is 0 Å². The van der Waals surface area contributed by atoms with Crippen molar-refractivity contribution in [3.63, 3.8) is 0 Å². The Morgan fingerprint density at radius 1 is 1.44 bits per heavy atom. The van der Waals surface area contributed by atoms with Crippen molar-refractivity contribution in [2.24, 2.45) is 10.7 Å². The topological polar surface area (TPSA) is 38.4 Å². The van der Waals surface area contributed by atoms with Crippen LogP contribution in [0.3, 0.4) is 0 Å². The number of amidine groups is 1. The lowest BCUT2D eigenvalue weighted by Crippen LogP contribution is -2.03. The first-order valence-corrected chi connectivity index (χ1v) is 2.85. The molecule has 50 valence electrons. The molecule has 0 radical (unpaired) electrons. The minimum atomic E-state index is 0.579. The van der Waals surface area contributed by atoms with Gasteiger partial charge >= 0.3 is 0 Å². The summed E-state index contributed by atoms with van der Waals surface area (Å²) >= 11 is 0. The van der Waals surface area contributed by atoms with E-state index in [0.29, 0.717) is 5.84 Å². The summed E-state index contributed by atoms with van der Waals surface area (Å²) in [4.78, 5) is 3.82. The van der Waals surface area contributed by atoms with Gasteiger partial charge in [0.05, 0.1) is 5.84 Å². The highest BCUT2D eigenvalue weighted by atomic mass is 14.8. The van der Waals surface area contributed by atoms with Crippen LogP contribution in [0.1, 0.15) is 13.8 Å². The van der Waals surface area contributed by atoms with E-state index in [4.69, 9.17) is 5.73 Å². The monoisotopic (exact) mass is 124 g/mol. The highest BCUT2D eigenvalue weighted by Crippen LogP contribution is 1.77. The van der Waals surface area contributed by atoms with Crippen molar-refractivity contribution < 1.29 is 0 Å². The molecule has 0 fully saturated rings. The molecule has 9 heavy (non-hydrogen) atoms. The molecule has 2 heteroatoms. The Morgan fingerprint density at radius 3 is 2.56 bits per heavy atom. The van der Waals surface area contributed by atoms with Crippen LogP contribution < -0.4 is 5.73 Å². The molecule has 0 bridgehead atoms. The third-order valence-corrected chi connectivity index (χ3v) is 0.668. The fraction of sp³-hybridized carbons (Fsp3) is 0.286. The van der Waals surface area contributed by atoms with Gasteiger partial charge in [0, 0.05) is 6.20 Å². The number of hydrogen-bond acceptors (Lipinski definition) is 1. The van der Waals surface area contributed by atoms with E-state index >= 15 is 0 Å². The normalized spacial score (nSPS) is 13.8. The molecule has 0 aromatic rings. The van der Waals surface area contributed by atoms with Crippen LogP contribution in [0.5, 0.6) is 0 Å². The molecule has 0 rings (SSSR count). The SMILES string of the molecule is C/C=C/C=C\N=C(C)N. The number of nitrogens with zero attached hydrogens (tertiary/aromatic N) is 1. The second-order valence-electron chi connectivity index (χ2n) is 1.64. The van der Waals surface area contributed by atoms with E-state index in [1.807, 2.05) is 25.2 Å². The lowest BCUT2D eigenvalue weighted by molar-refractivity contribution is 1.46. The molecule has 0 spiro atoms. The lowest BCUT2D eigenvalue weighted by atomic mass is 10.5. The quantitative estimate of drug-likeness (QED) is 0.338. The smallest absolute Gasteiger partial charge is 0.0957 e. The van der Waals surface area contributed by atoms with Gasteiger partial charge in [0.1, 0.15) is 0 Å². The van der Waals surface area contributed by atoms with Crippen LogP contribution in [0.15, 0.2) is 29.4 Å². The van der Waals surface area contributed by atoms with Gasteiger partial charge in [0.25, 0.3) is 0 Å². The van der Waals surface area contributed by atoms with Crippen molar-refractivity contribution in [1.82, 2.24) is 0 Å². The average Bonchev–Trinajstić information content (AvgIpc) is 1.80. The maximum absolute atomic E-state index is 5.25. The van der Waals surface area contributed by atoms with Crippen molar-refractivity contribution in [1.29, 1.82) is 0 Å². The van der Waals surface area contributed by atoms with Crippen molar-refractivity contribution in [2.45, 2.75) is 13.8 Å². The Hall–Kier alpha value is -1.05. The zero-order valence-corrected chi connectivity index (χ0v) is 5.83. The molecular formula is C7H12N2. The van der Waals surface area contributed by atoms with Crippen LogP contribution in [0.25, 0.3) is 0 Å².